The fraction of sp³-hybridized carbons (Fsp3) is 0.833. The minimum atomic E-state index is -0.222. The molecule has 0 unspecified atom stereocenters. The van der Waals surface area contributed by atoms with Gasteiger partial charge in [-0.3, -0.25) is 4.79 Å². The number of halogens is 1. The van der Waals surface area contributed by atoms with Crippen LogP contribution in [0.2, 0.25) is 0 Å². The molecule has 6 heteroatoms. The molecular formula is C12H20ClN3OS. The van der Waals surface area contributed by atoms with Crippen molar-refractivity contribution < 1.29 is 4.79 Å². The minimum Gasteiger partial charge on any atom is -0.315 e. The number of thioether (sulfide) groups is 1. The van der Waals surface area contributed by atoms with Gasteiger partial charge in [0.15, 0.2) is 0 Å². The van der Waals surface area contributed by atoms with Crippen LogP contribution in [-0.4, -0.2) is 41.1 Å². The van der Waals surface area contributed by atoms with Crippen molar-refractivity contribution in [1.82, 2.24) is 10.2 Å². The summed E-state index contributed by atoms with van der Waals surface area (Å²) in [5.41, 5.74) is 0. The van der Waals surface area contributed by atoms with E-state index >= 15 is 0 Å². The fourth-order valence-corrected chi connectivity index (χ4v) is 3.54. The first-order valence-electron chi connectivity index (χ1n) is 6.31. The van der Waals surface area contributed by atoms with E-state index in [4.69, 9.17) is 5.26 Å². The molecule has 0 aromatic heterocycles. The molecular weight excluding hydrogens is 270 g/mol. The van der Waals surface area contributed by atoms with E-state index in [1.54, 1.807) is 16.7 Å². The quantitative estimate of drug-likeness (QED) is 0.860. The van der Waals surface area contributed by atoms with Crippen LogP contribution in [0.3, 0.4) is 0 Å². The molecule has 0 spiro atoms. The van der Waals surface area contributed by atoms with Gasteiger partial charge in [0.1, 0.15) is 6.04 Å². The van der Waals surface area contributed by atoms with Gasteiger partial charge in [-0.25, -0.2) is 0 Å². The maximum absolute atomic E-state index is 12.0. The highest BCUT2D eigenvalue weighted by molar-refractivity contribution is 7.99. The van der Waals surface area contributed by atoms with Crippen LogP contribution >= 0.6 is 24.2 Å². The molecule has 0 aromatic carbocycles. The van der Waals surface area contributed by atoms with E-state index in [-0.39, 0.29) is 24.4 Å². The van der Waals surface area contributed by atoms with Crippen molar-refractivity contribution >= 4 is 30.1 Å². The van der Waals surface area contributed by atoms with Crippen molar-refractivity contribution in [2.45, 2.75) is 44.2 Å². The van der Waals surface area contributed by atoms with Crippen LogP contribution in [0.4, 0.5) is 0 Å². The maximum Gasteiger partial charge on any atom is 0.238 e. The predicted octanol–water partition coefficient (Wildman–Crippen LogP) is 1.76. The Balaban J connectivity index is 0.00000162. The molecule has 1 saturated heterocycles. The van der Waals surface area contributed by atoms with Crippen LogP contribution in [-0.2, 0) is 4.79 Å². The van der Waals surface area contributed by atoms with Gasteiger partial charge in [-0.15, -0.1) is 24.2 Å². The van der Waals surface area contributed by atoms with Gasteiger partial charge < -0.3 is 10.2 Å². The van der Waals surface area contributed by atoms with Crippen LogP contribution in [0.25, 0.3) is 0 Å². The lowest BCUT2D eigenvalue weighted by Crippen LogP contribution is -2.44. The number of carbonyl (C=O) groups excluding carboxylic acids is 1. The minimum absolute atomic E-state index is 0. The molecule has 0 bridgehead atoms. The molecule has 1 N–H and O–H groups in total. The maximum atomic E-state index is 12.0. The Bertz CT molecular complexity index is 315. The van der Waals surface area contributed by atoms with Gasteiger partial charge in [0, 0.05) is 11.8 Å². The smallest absolute Gasteiger partial charge is 0.238 e. The van der Waals surface area contributed by atoms with Crippen LogP contribution < -0.4 is 5.32 Å². The van der Waals surface area contributed by atoms with E-state index in [0.29, 0.717) is 18.5 Å². The van der Waals surface area contributed by atoms with E-state index < -0.39 is 0 Å². The van der Waals surface area contributed by atoms with Crippen molar-refractivity contribution in [3.63, 3.8) is 0 Å². The van der Waals surface area contributed by atoms with Crippen LogP contribution in [0.1, 0.15) is 32.1 Å². The monoisotopic (exact) mass is 289 g/mol. The Kier molecular flexibility index (Phi) is 6.83. The first kappa shape index (κ1) is 15.6. The van der Waals surface area contributed by atoms with E-state index in [9.17, 15) is 4.79 Å². The summed E-state index contributed by atoms with van der Waals surface area (Å²) in [6.07, 6.45) is 6.23. The zero-order valence-corrected chi connectivity index (χ0v) is 12.1. The van der Waals surface area contributed by atoms with Crippen molar-refractivity contribution in [2.75, 3.05) is 18.2 Å². The van der Waals surface area contributed by atoms with Gasteiger partial charge in [0.25, 0.3) is 0 Å². The topological polar surface area (TPSA) is 56.1 Å². The third kappa shape index (κ3) is 4.04. The van der Waals surface area contributed by atoms with Crippen LogP contribution in [0.5, 0.6) is 0 Å². The highest BCUT2D eigenvalue weighted by Gasteiger charge is 2.29. The van der Waals surface area contributed by atoms with E-state index in [0.717, 1.165) is 5.75 Å². The summed E-state index contributed by atoms with van der Waals surface area (Å²) in [7, 11) is 0. The summed E-state index contributed by atoms with van der Waals surface area (Å²) >= 11 is 1.66. The van der Waals surface area contributed by atoms with Gasteiger partial charge in [-0.2, -0.15) is 5.26 Å². The summed E-state index contributed by atoms with van der Waals surface area (Å²) in [5, 5.41) is 12.3. The molecule has 1 amide bonds. The lowest BCUT2D eigenvalue weighted by atomic mass is 9.95. The number of carbonyl (C=O) groups is 1. The third-order valence-electron chi connectivity index (χ3n) is 3.50. The highest BCUT2D eigenvalue weighted by Crippen LogP contribution is 2.20. The molecule has 2 fully saturated rings. The lowest BCUT2D eigenvalue weighted by molar-refractivity contribution is -0.129. The predicted molar refractivity (Wildman–Crippen MR) is 75.7 cm³/mol. The average molecular weight is 290 g/mol. The molecule has 1 heterocycles. The molecule has 2 rings (SSSR count). The zero-order valence-electron chi connectivity index (χ0n) is 10.4. The zero-order chi connectivity index (χ0) is 12.1. The fourth-order valence-electron chi connectivity index (χ4n) is 2.44. The third-order valence-corrected chi connectivity index (χ3v) is 4.51. The summed E-state index contributed by atoms with van der Waals surface area (Å²) in [6.45, 7) is 0.392. The van der Waals surface area contributed by atoms with E-state index in [1.807, 2.05) is 0 Å². The molecule has 1 aliphatic heterocycles. The Morgan fingerprint density at radius 1 is 1.39 bits per heavy atom. The first-order chi connectivity index (χ1) is 8.31. The number of hydrogen-bond acceptors (Lipinski definition) is 4. The summed E-state index contributed by atoms with van der Waals surface area (Å²) in [6, 6.07) is 2.47. The summed E-state index contributed by atoms with van der Waals surface area (Å²) in [5.74, 6) is 1.50. The lowest BCUT2D eigenvalue weighted by Gasteiger charge is -2.24. The van der Waals surface area contributed by atoms with E-state index in [1.165, 1.54) is 32.1 Å². The van der Waals surface area contributed by atoms with Crippen LogP contribution in [0, 0.1) is 11.3 Å². The number of rotatable bonds is 3. The highest BCUT2D eigenvalue weighted by atomic mass is 35.5. The Morgan fingerprint density at radius 3 is 2.78 bits per heavy atom. The average Bonchev–Trinajstić information content (AvgIpc) is 2.85. The standard InChI is InChI=1S/C12H19N3OS.ClH/c13-6-11-8-17-9-15(11)12(16)7-14-10-4-2-1-3-5-10;/h10-11,14H,1-5,7-9H2;1H/t11-;/m1./s1. The SMILES string of the molecule is Cl.N#C[C@@H]1CSCN1C(=O)CNC1CCCCC1. The molecule has 2 aliphatic rings. The molecule has 1 saturated carbocycles. The summed E-state index contributed by atoms with van der Waals surface area (Å²) < 4.78 is 0. The molecule has 0 radical (unpaired) electrons. The van der Waals surface area contributed by atoms with Crippen molar-refractivity contribution in [2.24, 2.45) is 0 Å². The second-order valence-corrected chi connectivity index (χ2v) is 5.72. The van der Waals surface area contributed by atoms with E-state index in [2.05, 4.69) is 11.4 Å². The molecule has 4 nitrogen and oxygen atoms in total. The van der Waals surface area contributed by atoms with Crippen LogP contribution in [0.15, 0.2) is 0 Å². The molecule has 18 heavy (non-hydrogen) atoms. The number of nitrogens with zero attached hydrogens (tertiary/aromatic N) is 2. The largest absolute Gasteiger partial charge is 0.315 e. The molecule has 1 atom stereocenters. The molecule has 0 aromatic rings. The van der Waals surface area contributed by atoms with Gasteiger partial charge in [-0.1, -0.05) is 19.3 Å². The van der Waals surface area contributed by atoms with Gasteiger partial charge in [-0.05, 0) is 12.8 Å². The number of hydrogen-bond donors (Lipinski definition) is 1. The number of nitriles is 1. The van der Waals surface area contributed by atoms with Gasteiger partial charge >= 0.3 is 0 Å². The Labute approximate surface area is 119 Å². The second-order valence-electron chi connectivity index (χ2n) is 4.72. The van der Waals surface area contributed by atoms with Crippen molar-refractivity contribution in [1.29, 1.82) is 5.26 Å². The molecule has 1 aliphatic carbocycles. The second kappa shape index (κ2) is 7.88. The van der Waals surface area contributed by atoms with Gasteiger partial charge in [0.2, 0.25) is 5.91 Å². The molecule has 102 valence electrons. The van der Waals surface area contributed by atoms with Crippen molar-refractivity contribution in [3.8, 4) is 6.07 Å². The summed E-state index contributed by atoms with van der Waals surface area (Å²) in [4.78, 5) is 13.7. The first-order valence-corrected chi connectivity index (χ1v) is 7.47. The van der Waals surface area contributed by atoms with Crippen molar-refractivity contribution in [3.05, 3.63) is 0 Å². The Morgan fingerprint density at radius 2 is 2.11 bits per heavy atom. The number of nitrogens with one attached hydrogen (secondary N) is 1. The Hall–Kier alpha value is -0.440. The number of amides is 1. The normalized spacial score (nSPS) is 24.4. The van der Waals surface area contributed by atoms with Gasteiger partial charge in [0.05, 0.1) is 18.5 Å².